The fraction of sp³-hybridized carbons (Fsp3) is 0.455. The second-order valence-corrected chi connectivity index (χ2v) is 11.2. The molecule has 1 saturated heterocycles. The molecule has 0 spiro atoms. The Morgan fingerprint density at radius 3 is 2.58 bits per heavy atom. The molecule has 0 bridgehead atoms. The van der Waals surface area contributed by atoms with Crippen LogP contribution in [0, 0.1) is 0 Å². The molecule has 3 heterocycles. The highest BCUT2D eigenvalue weighted by Gasteiger charge is 2.28. The van der Waals surface area contributed by atoms with Crippen molar-refractivity contribution in [2.45, 2.75) is 50.2 Å². The van der Waals surface area contributed by atoms with Gasteiger partial charge in [0.25, 0.3) is 0 Å². The van der Waals surface area contributed by atoms with E-state index >= 15 is 0 Å². The Labute approximate surface area is 192 Å². The van der Waals surface area contributed by atoms with E-state index in [9.17, 15) is 13.2 Å². The Balaban J connectivity index is 1.54. The molecule has 4 rings (SSSR count). The van der Waals surface area contributed by atoms with Crippen molar-refractivity contribution in [2.75, 3.05) is 24.7 Å². The predicted octanol–water partition coefficient (Wildman–Crippen LogP) is 3.03. The van der Waals surface area contributed by atoms with Crippen molar-refractivity contribution in [3.63, 3.8) is 0 Å². The van der Waals surface area contributed by atoms with Gasteiger partial charge in [-0.25, -0.2) is 27.9 Å². The standard InChI is InChI=1S/C22H28N6O4S/c1-22(2,3)32-21(29)27-11-5-6-15(13-27)26-19-18-12-25-28(20(18)24-14-23-19)16-7-9-17(10-8-16)33(4,30)31/h7-10,12,14-15H,5-6,11,13H2,1-4H3,(H,23,24,26). The van der Waals surface area contributed by atoms with E-state index in [0.29, 0.717) is 30.2 Å². The average molecular weight is 473 g/mol. The number of nitrogens with zero attached hydrogens (tertiary/aromatic N) is 5. The summed E-state index contributed by atoms with van der Waals surface area (Å²) in [7, 11) is -3.28. The van der Waals surface area contributed by atoms with E-state index in [1.165, 1.54) is 12.6 Å². The molecule has 1 unspecified atom stereocenters. The first-order chi connectivity index (χ1) is 15.5. The number of piperidine rings is 1. The van der Waals surface area contributed by atoms with Crippen LogP contribution in [-0.4, -0.2) is 70.1 Å². The number of anilines is 1. The molecule has 1 aliphatic heterocycles. The molecule has 1 fully saturated rings. The maximum atomic E-state index is 12.5. The first-order valence-corrected chi connectivity index (χ1v) is 12.6. The fourth-order valence-electron chi connectivity index (χ4n) is 3.76. The molecule has 2 aromatic heterocycles. The first-order valence-electron chi connectivity index (χ1n) is 10.7. The molecule has 1 aromatic carbocycles. The van der Waals surface area contributed by atoms with E-state index in [1.807, 2.05) is 20.8 Å². The van der Waals surface area contributed by atoms with Crippen LogP contribution in [0.5, 0.6) is 0 Å². The third-order valence-corrected chi connectivity index (χ3v) is 6.42. The minimum Gasteiger partial charge on any atom is -0.444 e. The number of ether oxygens (including phenoxy) is 1. The summed E-state index contributed by atoms with van der Waals surface area (Å²) in [6.45, 7) is 6.74. The largest absolute Gasteiger partial charge is 0.444 e. The lowest BCUT2D eigenvalue weighted by atomic mass is 10.1. The van der Waals surface area contributed by atoms with Crippen molar-refractivity contribution in [1.29, 1.82) is 0 Å². The Kier molecular flexibility index (Phi) is 6.00. The van der Waals surface area contributed by atoms with Crippen LogP contribution in [-0.2, 0) is 14.6 Å². The number of likely N-dealkylation sites (tertiary alicyclic amines) is 1. The van der Waals surface area contributed by atoms with Crippen LogP contribution in [0.3, 0.4) is 0 Å². The highest BCUT2D eigenvalue weighted by molar-refractivity contribution is 7.90. The monoisotopic (exact) mass is 472 g/mol. The first kappa shape index (κ1) is 23.0. The van der Waals surface area contributed by atoms with Gasteiger partial charge in [0.2, 0.25) is 0 Å². The fourth-order valence-corrected chi connectivity index (χ4v) is 4.39. The summed E-state index contributed by atoms with van der Waals surface area (Å²) in [5.41, 5.74) is 0.750. The van der Waals surface area contributed by atoms with Gasteiger partial charge >= 0.3 is 6.09 Å². The molecule has 1 N–H and O–H groups in total. The van der Waals surface area contributed by atoms with Gasteiger partial charge < -0.3 is 15.0 Å². The number of rotatable bonds is 4. The number of carbonyl (C=O) groups excluding carboxylic acids is 1. The summed E-state index contributed by atoms with van der Waals surface area (Å²) in [4.78, 5) is 23.2. The lowest BCUT2D eigenvalue weighted by Gasteiger charge is -2.34. The van der Waals surface area contributed by atoms with Gasteiger partial charge in [0.15, 0.2) is 15.5 Å². The minimum atomic E-state index is -3.28. The van der Waals surface area contributed by atoms with E-state index in [0.717, 1.165) is 18.2 Å². The number of sulfone groups is 1. The van der Waals surface area contributed by atoms with Crippen LogP contribution in [0.2, 0.25) is 0 Å². The second kappa shape index (κ2) is 8.62. The smallest absolute Gasteiger partial charge is 0.410 e. The topological polar surface area (TPSA) is 119 Å². The number of aromatic nitrogens is 4. The number of carbonyl (C=O) groups is 1. The van der Waals surface area contributed by atoms with Gasteiger partial charge in [0.05, 0.1) is 22.2 Å². The summed E-state index contributed by atoms with van der Waals surface area (Å²) in [6.07, 6.45) is 5.75. The lowest BCUT2D eigenvalue weighted by molar-refractivity contribution is 0.0206. The zero-order chi connectivity index (χ0) is 23.8. The van der Waals surface area contributed by atoms with E-state index in [1.54, 1.807) is 40.0 Å². The van der Waals surface area contributed by atoms with Gasteiger partial charge in [0, 0.05) is 25.4 Å². The van der Waals surface area contributed by atoms with Crippen molar-refractivity contribution in [3.05, 3.63) is 36.8 Å². The molecule has 10 nitrogen and oxygen atoms in total. The van der Waals surface area contributed by atoms with Gasteiger partial charge in [-0.2, -0.15) is 5.10 Å². The van der Waals surface area contributed by atoms with Crippen LogP contribution >= 0.6 is 0 Å². The second-order valence-electron chi connectivity index (χ2n) is 9.19. The van der Waals surface area contributed by atoms with Crippen LogP contribution in [0.15, 0.2) is 41.7 Å². The van der Waals surface area contributed by atoms with Gasteiger partial charge in [0.1, 0.15) is 17.7 Å². The molecule has 1 atom stereocenters. The lowest BCUT2D eigenvalue weighted by Crippen LogP contribution is -2.47. The molecule has 176 valence electrons. The van der Waals surface area contributed by atoms with E-state index < -0.39 is 15.4 Å². The van der Waals surface area contributed by atoms with Gasteiger partial charge in [-0.15, -0.1) is 0 Å². The SMILES string of the molecule is CC(C)(C)OC(=O)N1CCCC(Nc2ncnc3c2cnn3-c2ccc(S(C)(=O)=O)cc2)C1. The molecule has 0 saturated carbocycles. The van der Waals surface area contributed by atoms with Crippen LogP contribution < -0.4 is 5.32 Å². The van der Waals surface area contributed by atoms with E-state index in [-0.39, 0.29) is 17.0 Å². The summed E-state index contributed by atoms with van der Waals surface area (Å²) >= 11 is 0. The third-order valence-electron chi connectivity index (χ3n) is 5.29. The average Bonchev–Trinajstić information content (AvgIpc) is 3.17. The Morgan fingerprint density at radius 1 is 1.18 bits per heavy atom. The normalized spacial score (nSPS) is 17.2. The number of nitrogens with one attached hydrogen (secondary N) is 1. The van der Waals surface area contributed by atoms with Gasteiger partial charge in [-0.3, -0.25) is 0 Å². The number of hydrogen-bond donors (Lipinski definition) is 1. The zero-order valence-corrected chi connectivity index (χ0v) is 20.0. The van der Waals surface area contributed by atoms with Crippen LogP contribution in [0.25, 0.3) is 16.7 Å². The number of amides is 1. The maximum Gasteiger partial charge on any atom is 0.410 e. The van der Waals surface area contributed by atoms with Crippen molar-refractivity contribution >= 4 is 32.8 Å². The molecule has 11 heteroatoms. The number of hydrogen-bond acceptors (Lipinski definition) is 8. The molecule has 3 aromatic rings. The van der Waals surface area contributed by atoms with Crippen LogP contribution in [0.1, 0.15) is 33.6 Å². The Hall–Kier alpha value is -3.21. The van der Waals surface area contributed by atoms with E-state index in [4.69, 9.17) is 4.74 Å². The number of fused-ring (bicyclic) bond motifs is 1. The van der Waals surface area contributed by atoms with E-state index in [2.05, 4.69) is 20.4 Å². The Morgan fingerprint density at radius 2 is 1.91 bits per heavy atom. The Bertz CT molecular complexity index is 1260. The van der Waals surface area contributed by atoms with Gasteiger partial charge in [-0.1, -0.05) is 0 Å². The van der Waals surface area contributed by atoms with Crippen molar-refractivity contribution in [1.82, 2.24) is 24.6 Å². The summed E-state index contributed by atoms with van der Waals surface area (Å²) < 4.78 is 30.6. The molecule has 33 heavy (non-hydrogen) atoms. The molecule has 0 aliphatic carbocycles. The highest BCUT2D eigenvalue weighted by Crippen LogP contribution is 2.25. The third kappa shape index (κ3) is 5.24. The zero-order valence-electron chi connectivity index (χ0n) is 19.1. The minimum absolute atomic E-state index is 0.0155. The maximum absolute atomic E-state index is 12.5. The summed E-state index contributed by atoms with van der Waals surface area (Å²) in [6, 6.07) is 6.50. The molecule has 1 aliphatic rings. The predicted molar refractivity (Wildman–Crippen MR) is 124 cm³/mol. The quantitative estimate of drug-likeness (QED) is 0.615. The van der Waals surface area contributed by atoms with Crippen LogP contribution in [0.4, 0.5) is 10.6 Å². The molecular formula is C22H28N6O4S. The number of benzene rings is 1. The van der Waals surface area contributed by atoms with Crippen molar-refractivity contribution in [3.8, 4) is 5.69 Å². The molecule has 1 amide bonds. The highest BCUT2D eigenvalue weighted by atomic mass is 32.2. The summed E-state index contributed by atoms with van der Waals surface area (Å²) in [5, 5.41) is 8.60. The van der Waals surface area contributed by atoms with Crippen molar-refractivity contribution < 1.29 is 17.9 Å². The molecule has 0 radical (unpaired) electrons. The summed E-state index contributed by atoms with van der Waals surface area (Å²) in [5.74, 6) is 0.634. The molecular weight excluding hydrogens is 444 g/mol. The van der Waals surface area contributed by atoms with Crippen molar-refractivity contribution in [2.24, 2.45) is 0 Å². The van der Waals surface area contributed by atoms with Gasteiger partial charge in [-0.05, 0) is 57.9 Å².